The van der Waals surface area contributed by atoms with E-state index in [1.807, 2.05) is 23.6 Å². The van der Waals surface area contributed by atoms with Crippen molar-refractivity contribution in [3.05, 3.63) is 73.4 Å². The predicted molar refractivity (Wildman–Crippen MR) is 110 cm³/mol. The third-order valence-electron chi connectivity index (χ3n) is 4.29. The predicted octanol–water partition coefficient (Wildman–Crippen LogP) is 5.41. The van der Waals surface area contributed by atoms with E-state index in [-0.39, 0.29) is 11.9 Å². The maximum Gasteiger partial charge on any atom is 0.258 e. The molecule has 2 aliphatic heterocycles. The third kappa shape index (κ3) is 3.72. The fourth-order valence-corrected chi connectivity index (χ4v) is 5.41. The van der Waals surface area contributed by atoms with Gasteiger partial charge in [0, 0.05) is 21.6 Å². The van der Waals surface area contributed by atoms with Crippen molar-refractivity contribution < 1.29 is 9.53 Å². The van der Waals surface area contributed by atoms with E-state index >= 15 is 0 Å². The van der Waals surface area contributed by atoms with Crippen LogP contribution in [-0.2, 0) is 11.2 Å². The molecule has 2 aliphatic rings. The maximum atomic E-state index is 12.7. The number of carbonyl (C=O) groups excluding carboxylic acids is 1. The summed E-state index contributed by atoms with van der Waals surface area (Å²) in [5.41, 5.74) is 2.88. The van der Waals surface area contributed by atoms with E-state index in [9.17, 15) is 4.79 Å². The van der Waals surface area contributed by atoms with Gasteiger partial charge in [-0.25, -0.2) is 0 Å². The molecule has 0 radical (unpaired) electrons. The summed E-state index contributed by atoms with van der Waals surface area (Å²) < 4.78 is 5.59. The highest BCUT2D eigenvalue weighted by Gasteiger charge is 2.25. The number of thioether (sulfide) groups is 2. The molecule has 26 heavy (non-hydrogen) atoms. The molecule has 2 heterocycles. The van der Waals surface area contributed by atoms with E-state index in [1.165, 1.54) is 0 Å². The molecule has 2 aromatic carbocycles. The molecule has 0 aliphatic carbocycles. The fourth-order valence-electron chi connectivity index (χ4n) is 3.03. The van der Waals surface area contributed by atoms with Crippen LogP contribution in [0.4, 0.5) is 0 Å². The summed E-state index contributed by atoms with van der Waals surface area (Å²) in [5, 5.41) is 7.03. The summed E-state index contributed by atoms with van der Waals surface area (Å²) in [6.07, 6.45) is 0.866. The van der Waals surface area contributed by atoms with Gasteiger partial charge in [-0.15, -0.1) is 23.5 Å². The van der Waals surface area contributed by atoms with Gasteiger partial charge >= 0.3 is 0 Å². The first-order chi connectivity index (χ1) is 12.6. The highest BCUT2D eigenvalue weighted by atomic mass is 35.5. The first kappa shape index (κ1) is 18.1. The van der Waals surface area contributed by atoms with Crippen molar-refractivity contribution >= 4 is 52.6 Å². The molecule has 1 amide bonds. The standard InChI is InChI=1S/C19H15Cl2NO2S2/c20-13-2-3-15(21)14(8-13)18(22-19(23)17-9-25-10-26-17)12-1-4-16-11(7-12)5-6-24-16/h1-4,7-9,18H,5-6,10H2,(H,22,23). The average Bonchev–Trinajstić information content (AvgIpc) is 3.32. The molecule has 7 heteroatoms. The quantitative estimate of drug-likeness (QED) is 0.712. The number of halogens is 2. The van der Waals surface area contributed by atoms with E-state index in [0.717, 1.165) is 38.9 Å². The number of hydrogen-bond donors (Lipinski definition) is 1. The van der Waals surface area contributed by atoms with Gasteiger partial charge in [-0.1, -0.05) is 29.3 Å². The molecule has 1 atom stereocenters. The summed E-state index contributed by atoms with van der Waals surface area (Å²) in [6.45, 7) is 0.689. The lowest BCUT2D eigenvalue weighted by Gasteiger charge is -2.22. The zero-order valence-corrected chi connectivity index (χ0v) is 16.8. The van der Waals surface area contributed by atoms with Gasteiger partial charge < -0.3 is 10.1 Å². The zero-order chi connectivity index (χ0) is 18.1. The first-order valence-electron chi connectivity index (χ1n) is 8.08. The van der Waals surface area contributed by atoms with Gasteiger partial charge in [-0.3, -0.25) is 4.79 Å². The van der Waals surface area contributed by atoms with Crippen LogP contribution in [0.1, 0.15) is 22.7 Å². The number of rotatable bonds is 4. The number of fused-ring (bicyclic) bond motifs is 1. The number of ether oxygens (including phenoxy) is 1. The summed E-state index contributed by atoms with van der Waals surface area (Å²) in [5.74, 6) is 0.805. The maximum absolute atomic E-state index is 12.7. The molecule has 1 unspecified atom stereocenters. The highest BCUT2D eigenvalue weighted by molar-refractivity contribution is 8.22. The van der Waals surface area contributed by atoms with Gasteiger partial charge in [0.25, 0.3) is 5.91 Å². The van der Waals surface area contributed by atoms with Crippen molar-refractivity contribution in [3.63, 3.8) is 0 Å². The first-order valence-corrected chi connectivity index (χ1v) is 10.9. The van der Waals surface area contributed by atoms with Gasteiger partial charge in [0.2, 0.25) is 0 Å². The van der Waals surface area contributed by atoms with Crippen LogP contribution in [0.3, 0.4) is 0 Å². The average molecular weight is 424 g/mol. The van der Waals surface area contributed by atoms with Crippen LogP contribution in [0.5, 0.6) is 5.75 Å². The minimum absolute atomic E-state index is 0.0993. The monoisotopic (exact) mass is 423 g/mol. The van der Waals surface area contributed by atoms with Gasteiger partial charge in [-0.2, -0.15) is 0 Å². The second-order valence-electron chi connectivity index (χ2n) is 5.95. The summed E-state index contributed by atoms with van der Waals surface area (Å²) in [7, 11) is 0. The van der Waals surface area contributed by atoms with Gasteiger partial charge in [-0.05, 0) is 52.4 Å². The Morgan fingerprint density at radius 3 is 2.88 bits per heavy atom. The van der Waals surface area contributed by atoms with Crippen LogP contribution in [0.25, 0.3) is 0 Å². The van der Waals surface area contributed by atoms with Crippen LogP contribution in [0.15, 0.2) is 46.7 Å². The van der Waals surface area contributed by atoms with Crippen molar-refractivity contribution in [1.82, 2.24) is 5.32 Å². The Bertz CT molecular complexity index is 901. The SMILES string of the molecule is O=C(NC(c1ccc2c(c1)CCO2)c1cc(Cl)ccc1Cl)C1=CSCS1. The summed E-state index contributed by atoms with van der Waals surface area (Å²) in [6, 6.07) is 10.9. The van der Waals surface area contributed by atoms with Crippen molar-refractivity contribution in [2.75, 3.05) is 11.7 Å². The number of benzene rings is 2. The number of nitrogens with one attached hydrogen (secondary N) is 1. The van der Waals surface area contributed by atoms with Crippen LogP contribution in [0, 0.1) is 0 Å². The van der Waals surface area contributed by atoms with Gasteiger partial charge in [0.1, 0.15) is 5.75 Å². The van der Waals surface area contributed by atoms with E-state index < -0.39 is 0 Å². The van der Waals surface area contributed by atoms with E-state index in [4.69, 9.17) is 27.9 Å². The normalized spacial score (nSPS) is 16.6. The second-order valence-corrected chi connectivity index (χ2v) is 9.03. The molecule has 134 valence electrons. The van der Waals surface area contributed by atoms with Crippen molar-refractivity contribution in [3.8, 4) is 5.75 Å². The second kappa shape index (κ2) is 7.77. The smallest absolute Gasteiger partial charge is 0.258 e. The molecule has 3 nitrogen and oxygen atoms in total. The minimum atomic E-state index is -0.383. The largest absolute Gasteiger partial charge is 0.493 e. The molecule has 0 bridgehead atoms. The molecule has 0 aromatic heterocycles. The van der Waals surface area contributed by atoms with Crippen molar-refractivity contribution in [2.24, 2.45) is 0 Å². The lowest BCUT2D eigenvalue weighted by atomic mass is 9.96. The van der Waals surface area contributed by atoms with E-state index in [1.54, 1.807) is 35.7 Å². The molecule has 1 N–H and O–H groups in total. The Morgan fingerprint density at radius 2 is 2.08 bits per heavy atom. The van der Waals surface area contributed by atoms with Crippen molar-refractivity contribution in [2.45, 2.75) is 12.5 Å². The summed E-state index contributed by atoms with van der Waals surface area (Å²) >= 11 is 15.8. The zero-order valence-electron chi connectivity index (χ0n) is 13.6. The molecule has 0 spiro atoms. The van der Waals surface area contributed by atoms with Crippen LogP contribution in [-0.4, -0.2) is 17.6 Å². The Balaban J connectivity index is 1.73. The molecular formula is C19H15Cl2NO2S2. The van der Waals surface area contributed by atoms with Crippen LogP contribution in [0.2, 0.25) is 10.0 Å². The van der Waals surface area contributed by atoms with E-state index in [0.29, 0.717) is 16.7 Å². The minimum Gasteiger partial charge on any atom is -0.493 e. The number of amides is 1. The molecule has 0 fully saturated rings. The Morgan fingerprint density at radius 1 is 1.19 bits per heavy atom. The third-order valence-corrected chi connectivity index (χ3v) is 7.05. The Kier molecular flexibility index (Phi) is 5.41. The van der Waals surface area contributed by atoms with Crippen LogP contribution < -0.4 is 10.1 Å². The molecular weight excluding hydrogens is 409 g/mol. The van der Waals surface area contributed by atoms with Crippen molar-refractivity contribution in [1.29, 1.82) is 0 Å². The molecule has 0 saturated heterocycles. The molecule has 0 saturated carbocycles. The number of carbonyl (C=O) groups is 1. The lowest BCUT2D eigenvalue weighted by molar-refractivity contribution is -0.117. The lowest BCUT2D eigenvalue weighted by Crippen LogP contribution is -2.30. The van der Waals surface area contributed by atoms with Gasteiger partial charge in [0.05, 0.1) is 17.6 Å². The van der Waals surface area contributed by atoms with E-state index in [2.05, 4.69) is 11.4 Å². The fraction of sp³-hybridized carbons (Fsp3) is 0.211. The highest BCUT2D eigenvalue weighted by Crippen LogP contribution is 2.36. The van der Waals surface area contributed by atoms with Gasteiger partial charge in [0.15, 0.2) is 0 Å². The molecule has 4 rings (SSSR count). The Labute approximate surface area is 170 Å². The topological polar surface area (TPSA) is 38.3 Å². The number of hydrogen-bond acceptors (Lipinski definition) is 4. The Hall–Kier alpha value is -1.27. The summed E-state index contributed by atoms with van der Waals surface area (Å²) in [4.78, 5) is 13.4. The molecule has 2 aromatic rings. The van der Waals surface area contributed by atoms with Crippen LogP contribution >= 0.6 is 46.7 Å².